The van der Waals surface area contributed by atoms with Gasteiger partial charge in [-0.15, -0.1) is 0 Å². The summed E-state index contributed by atoms with van der Waals surface area (Å²) in [5.41, 5.74) is 1.41. The molecule has 7 nitrogen and oxygen atoms in total. The van der Waals surface area contributed by atoms with Crippen molar-refractivity contribution in [2.75, 3.05) is 56.4 Å². The maximum absolute atomic E-state index is 12.0. The first-order chi connectivity index (χ1) is 10.8. The summed E-state index contributed by atoms with van der Waals surface area (Å²) in [4.78, 5) is 13.9. The van der Waals surface area contributed by atoms with E-state index >= 15 is 0 Å². The van der Waals surface area contributed by atoms with Crippen molar-refractivity contribution in [3.8, 4) is 0 Å². The summed E-state index contributed by atoms with van der Waals surface area (Å²) in [7, 11) is 1.84. The lowest BCUT2D eigenvalue weighted by Crippen LogP contribution is -2.40. The number of rotatable bonds is 9. The SMILES string of the molecule is COCCCNC(=O)CN(c1ccc(N(C)C)cc1)S(C)(=O)=O. The van der Waals surface area contributed by atoms with Crippen LogP contribution in [-0.4, -0.2) is 61.5 Å². The smallest absolute Gasteiger partial charge is 0.240 e. The minimum absolute atomic E-state index is 0.243. The van der Waals surface area contributed by atoms with Gasteiger partial charge in [0.1, 0.15) is 6.54 Å². The molecule has 0 aliphatic heterocycles. The van der Waals surface area contributed by atoms with Crippen molar-refractivity contribution in [1.82, 2.24) is 5.32 Å². The molecule has 23 heavy (non-hydrogen) atoms. The van der Waals surface area contributed by atoms with E-state index < -0.39 is 10.0 Å². The van der Waals surface area contributed by atoms with E-state index in [0.29, 0.717) is 25.3 Å². The number of carbonyl (C=O) groups excluding carboxylic acids is 1. The summed E-state index contributed by atoms with van der Waals surface area (Å²) < 4.78 is 29.9. The molecule has 0 spiro atoms. The van der Waals surface area contributed by atoms with E-state index in [2.05, 4.69) is 5.32 Å². The number of hydrogen-bond donors (Lipinski definition) is 1. The van der Waals surface area contributed by atoms with Gasteiger partial charge in [0.25, 0.3) is 0 Å². The minimum Gasteiger partial charge on any atom is -0.385 e. The monoisotopic (exact) mass is 343 g/mol. The van der Waals surface area contributed by atoms with Crippen molar-refractivity contribution in [2.24, 2.45) is 0 Å². The molecule has 0 saturated heterocycles. The van der Waals surface area contributed by atoms with Crippen LogP contribution in [0.25, 0.3) is 0 Å². The highest BCUT2D eigenvalue weighted by Crippen LogP contribution is 2.21. The Kier molecular flexibility index (Phi) is 7.31. The van der Waals surface area contributed by atoms with E-state index in [-0.39, 0.29) is 12.5 Å². The van der Waals surface area contributed by atoms with Gasteiger partial charge in [0, 0.05) is 40.0 Å². The summed E-state index contributed by atoms with van der Waals surface area (Å²) in [6.45, 7) is 0.749. The highest BCUT2D eigenvalue weighted by Gasteiger charge is 2.20. The predicted molar refractivity (Wildman–Crippen MR) is 92.5 cm³/mol. The van der Waals surface area contributed by atoms with Gasteiger partial charge in [-0.05, 0) is 30.7 Å². The molecule has 0 aliphatic carbocycles. The maximum atomic E-state index is 12.0. The van der Waals surface area contributed by atoms with Crippen LogP contribution in [0.3, 0.4) is 0 Å². The van der Waals surface area contributed by atoms with Gasteiger partial charge in [0.15, 0.2) is 0 Å². The number of ether oxygens (including phenoxy) is 1. The molecule has 1 N–H and O–H groups in total. The Hall–Kier alpha value is -1.80. The average molecular weight is 343 g/mol. The summed E-state index contributed by atoms with van der Waals surface area (Å²) >= 11 is 0. The fourth-order valence-electron chi connectivity index (χ4n) is 1.95. The number of sulfonamides is 1. The third-order valence-corrected chi connectivity index (χ3v) is 4.33. The molecule has 0 aromatic heterocycles. The van der Waals surface area contributed by atoms with E-state index in [1.54, 1.807) is 19.2 Å². The van der Waals surface area contributed by atoms with Crippen molar-refractivity contribution >= 4 is 27.3 Å². The Bertz CT molecular complexity index is 600. The predicted octanol–water partition coefficient (Wildman–Crippen LogP) is 0.671. The summed E-state index contributed by atoms with van der Waals surface area (Å²) in [5, 5.41) is 2.69. The van der Waals surface area contributed by atoms with E-state index in [1.807, 2.05) is 31.1 Å². The molecular weight excluding hydrogens is 318 g/mol. The Morgan fingerprint density at radius 2 is 1.74 bits per heavy atom. The van der Waals surface area contributed by atoms with Crippen LogP contribution in [0.15, 0.2) is 24.3 Å². The summed E-state index contributed by atoms with van der Waals surface area (Å²) in [6.07, 6.45) is 1.77. The molecule has 1 aromatic rings. The van der Waals surface area contributed by atoms with Gasteiger partial charge in [-0.3, -0.25) is 9.10 Å². The molecule has 0 bridgehead atoms. The Morgan fingerprint density at radius 1 is 1.17 bits per heavy atom. The van der Waals surface area contributed by atoms with Crippen molar-refractivity contribution in [1.29, 1.82) is 0 Å². The van der Waals surface area contributed by atoms with Crippen LogP contribution >= 0.6 is 0 Å². The fourth-order valence-corrected chi connectivity index (χ4v) is 2.80. The lowest BCUT2D eigenvalue weighted by molar-refractivity contribution is -0.119. The summed E-state index contributed by atoms with van der Waals surface area (Å²) in [5.74, 6) is -0.344. The molecule has 8 heteroatoms. The number of amides is 1. The van der Waals surface area contributed by atoms with Crippen LogP contribution in [0.2, 0.25) is 0 Å². The number of nitrogens with zero attached hydrogens (tertiary/aromatic N) is 2. The quantitative estimate of drug-likeness (QED) is 0.667. The zero-order valence-electron chi connectivity index (χ0n) is 14.1. The molecule has 0 unspecified atom stereocenters. The standard InChI is InChI=1S/C15H25N3O4S/c1-17(2)13-6-8-14(9-7-13)18(23(4,20)21)12-15(19)16-10-5-11-22-3/h6-9H,5,10-12H2,1-4H3,(H,16,19). The first-order valence-electron chi connectivity index (χ1n) is 7.26. The lowest BCUT2D eigenvalue weighted by atomic mass is 10.2. The summed E-state index contributed by atoms with van der Waals surface area (Å²) in [6, 6.07) is 7.00. The number of carbonyl (C=O) groups is 1. The molecule has 0 fully saturated rings. The Morgan fingerprint density at radius 3 is 2.22 bits per heavy atom. The Balaban J connectivity index is 2.79. The number of hydrogen-bond acceptors (Lipinski definition) is 5. The molecule has 1 rings (SSSR count). The zero-order chi connectivity index (χ0) is 17.5. The molecule has 1 aromatic carbocycles. The van der Waals surface area contributed by atoms with E-state index in [9.17, 15) is 13.2 Å². The largest absolute Gasteiger partial charge is 0.385 e. The fraction of sp³-hybridized carbons (Fsp3) is 0.533. The van der Waals surface area contributed by atoms with Crippen LogP contribution in [0.1, 0.15) is 6.42 Å². The second-order valence-corrected chi connectivity index (χ2v) is 7.28. The first-order valence-corrected chi connectivity index (χ1v) is 9.11. The van der Waals surface area contributed by atoms with Crippen LogP contribution < -0.4 is 14.5 Å². The molecule has 0 saturated carbocycles. The van der Waals surface area contributed by atoms with Crippen LogP contribution in [0.4, 0.5) is 11.4 Å². The molecule has 0 radical (unpaired) electrons. The van der Waals surface area contributed by atoms with Crippen molar-refractivity contribution < 1.29 is 17.9 Å². The topological polar surface area (TPSA) is 79.0 Å². The van der Waals surface area contributed by atoms with Crippen LogP contribution in [0.5, 0.6) is 0 Å². The minimum atomic E-state index is -3.55. The highest BCUT2D eigenvalue weighted by molar-refractivity contribution is 7.92. The number of methoxy groups -OCH3 is 1. The van der Waals surface area contributed by atoms with E-state index in [1.165, 1.54) is 0 Å². The molecule has 130 valence electrons. The second kappa shape index (κ2) is 8.73. The first kappa shape index (κ1) is 19.2. The zero-order valence-corrected chi connectivity index (χ0v) is 14.9. The van der Waals surface area contributed by atoms with Crippen molar-refractivity contribution in [3.05, 3.63) is 24.3 Å². The van der Waals surface area contributed by atoms with E-state index in [0.717, 1.165) is 16.2 Å². The highest BCUT2D eigenvalue weighted by atomic mass is 32.2. The second-order valence-electron chi connectivity index (χ2n) is 5.38. The third kappa shape index (κ3) is 6.45. The van der Waals surface area contributed by atoms with Gasteiger partial charge < -0.3 is 15.0 Å². The van der Waals surface area contributed by atoms with Gasteiger partial charge in [-0.2, -0.15) is 0 Å². The van der Waals surface area contributed by atoms with Crippen molar-refractivity contribution in [2.45, 2.75) is 6.42 Å². The van der Waals surface area contributed by atoms with Crippen LogP contribution in [0, 0.1) is 0 Å². The Labute approximate surface area is 138 Å². The van der Waals surface area contributed by atoms with Gasteiger partial charge in [-0.25, -0.2) is 8.42 Å². The number of benzene rings is 1. The van der Waals surface area contributed by atoms with Crippen molar-refractivity contribution in [3.63, 3.8) is 0 Å². The van der Waals surface area contributed by atoms with E-state index in [4.69, 9.17) is 4.74 Å². The molecule has 0 heterocycles. The normalized spacial score (nSPS) is 11.1. The lowest BCUT2D eigenvalue weighted by Gasteiger charge is -2.23. The van der Waals surface area contributed by atoms with Gasteiger partial charge in [0.2, 0.25) is 15.9 Å². The molecule has 1 amide bonds. The number of nitrogens with one attached hydrogen (secondary N) is 1. The van der Waals surface area contributed by atoms with Gasteiger partial charge >= 0.3 is 0 Å². The number of anilines is 2. The molecule has 0 aliphatic rings. The average Bonchev–Trinajstić information content (AvgIpc) is 2.48. The maximum Gasteiger partial charge on any atom is 0.240 e. The van der Waals surface area contributed by atoms with Gasteiger partial charge in [0.05, 0.1) is 11.9 Å². The van der Waals surface area contributed by atoms with Gasteiger partial charge in [-0.1, -0.05) is 0 Å². The molecule has 0 atom stereocenters. The van der Waals surface area contributed by atoms with Crippen LogP contribution in [-0.2, 0) is 19.6 Å². The molecular formula is C15H25N3O4S. The third-order valence-electron chi connectivity index (χ3n) is 3.19.